The third-order valence-electron chi connectivity index (χ3n) is 7.20. The lowest BCUT2D eigenvalue weighted by molar-refractivity contribution is 0.0982. The van der Waals surface area contributed by atoms with E-state index in [4.69, 9.17) is 4.74 Å². The first-order chi connectivity index (χ1) is 19.4. The number of rotatable bonds is 9. The molecule has 1 amide bonds. The number of piperazine rings is 1. The molecule has 0 saturated carbocycles. The Kier molecular flexibility index (Phi) is 8.57. The van der Waals surface area contributed by atoms with Crippen LogP contribution >= 0.6 is 0 Å². The maximum atomic E-state index is 13.0. The number of ether oxygens (including phenoxy) is 1. The van der Waals surface area contributed by atoms with Crippen LogP contribution in [-0.2, 0) is 22.4 Å². The van der Waals surface area contributed by atoms with E-state index in [1.54, 1.807) is 19.6 Å². The lowest BCUT2D eigenvalue weighted by Crippen LogP contribution is -2.46. The standard InChI is InChI=1S/C32H36N4O3S/c1-39-30-20-28(21-33-22-30)31-11-7-6-10-27(31)23-35-16-18-36(19-17-35)29-14-12-26(13-15-29)32(37)34-40(2,38)24-25-8-4-3-5-9-25/h3-15,20-22,40H,16-19,23-24H2,1-2H3,(H,34,37,38). The van der Waals surface area contributed by atoms with Gasteiger partial charge in [-0.3, -0.25) is 23.6 Å². The van der Waals surface area contributed by atoms with Crippen LogP contribution < -0.4 is 14.4 Å². The summed E-state index contributed by atoms with van der Waals surface area (Å²) in [5, 5.41) is 0. The van der Waals surface area contributed by atoms with Crippen molar-refractivity contribution in [2.45, 2.75) is 12.3 Å². The summed E-state index contributed by atoms with van der Waals surface area (Å²) in [4.78, 5) is 21.9. The molecule has 1 fully saturated rings. The molecule has 8 heteroatoms. The van der Waals surface area contributed by atoms with Crippen LogP contribution in [0.5, 0.6) is 5.75 Å². The minimum absolute atomic E-state index is 0.303. The van der Waals surface area contributed by atoms with Gasteiger partial charge < -0.3 is 9.64 Å². The second kappa shape index (κ2) is 12.4. The minimum atomic E-state index is -2.86. The van der Waals surface area contributed by atoms with E-state index in [-0.39, 0.29) is 5.91 Å². The Balaban J connectivity index is 1.16. The number of carbonyl (C=O) groups excluding carboxylic acids is 1. The van der Waals surface area contributed by atoms with E-state index in [9.17, 15) is 9.00 Å². The first-order valence-corrected chi connectivity index (χ1v) is 15.8. The lowest BCUT2D eigenvalue weighted by Gasteiger charge is -2.36. The van der Waals surface area contributed by atoms with Crippen LogP contribution in [0.1, 0.15) is 21.5 Å². The number of anilines is 1. The van der Waals surface area contributed by atoms with E-state index in [1.165, 1.54) is 11.1 Å². The van der Waals surface area contributed by atoms with Crippen molar-refractivity contribution < 1.29 is 13.7 Å². The van der Waals surface area contributed by atoms with Gasteiger partial charge in [-0.2, -0.15) is 0 Å². The number of benzene rings is 3. The van der Waals surface area contributed by atoms with Crippen molar-refractivity contribution in [3.8, 4) is 16.9 Å². The van der Waals surface area contributed by atoms with Gasteiger partial charge >= 0.3 is 0 Å². The van der Waals surface area contributed by atoms with E-state index in [0.717, 1.165) is 55.3 Å². The van der Waals surface area contributed by atoms with Gasteiger partial charge in [0.05, 0.1) is 13.3 Å². The molecule has 1 aliphatic rings. The van der Waals surface area contributed by atoms with Crippen molar-refractivity contribution >= 4 is 21.7 Å². The topological polar surface area (TPSA) is 74.8 Å². The first kappa shape index (κ1) is 27.6. The molecular formula is C32H36N4O3S. The molecule has 0 atom stereocenters. The molecule has 0 radical (unpaired) electrons. The summed E-state index contributed by atoms with van der Waals surface area (Å²) in [6.07, 6.45) is 5.22. The molecule has 3 aromatic carbocycles. The number of nitrogens with one attached hydrogen (secondary N) is 1. The van der Waals surface area contributed by atoms with E-state index in [0.29, 0.717) is 11.3 Å². The zero-order valence-electron chi connectivity index (χ0n) is 23.0. The van der Waals surface area contributed by atoms with Gasteiger partial charge in [-0.25, -0.2) is 0 Å². The maximum absolute atomic E-state index is 13.0. The van der Waals surface area contributed by atoms with E-state index < -0.39 is 10.1 Å². The molecule has 1 N–H and O–H groups in total. The highest BCUT2D eigenvalue weighted by Gasteiger charge is 2.20. The SMILES string of the molecule is COc1cncc(-c2ccccc2CN2CCN(c3ccc(C(=O)N[SH](C)(=O)Cc4ccccc4)cc3)CC2)c1. The summed E-state index contributed by atoms with van der Waals surface area (Å²) in [5.74, 6) is 0.784. The van der Waals surface area contributed by atoms with Gasteiger partial charge in [0.25, 0.3) is 5.91 Å². The van der Waals surface area contributed by atoms with Crippen molar-refractivity contribution in [1.82, 2.24) is 14.6 Å². The fraction of sp³-hybridized carbons (Fsp3) is 0.250. The van der Waals surface area contributed by atoms with Crippen molar-refractivity contribution in [3.63, 3.8) is 0 Å². The molecule has 5 rings (SSSR count). The number of methoxy groups -OCH3 is 1. The van der Waals surface area contributed by atoms with Crippen LogP contribution in [-0.4, -0.2) is 59.5 Å². The van der Waals surface area contributed by atoms with Crippen LogP contribution in [0.2, 0.25) is 0 Å². The number of thiol groups is 1. The van der Waals surface area contributed by atoms with Gasteiger partial charge in [0.1, 0.15) is 5.75 Å². The molecule has 1 aliphatic heterocycles. The summed E-state index contributed by atoms with van der Waals surface area (Å²) in [7, 11) is -1.21. The zero-order valence-corrected chi connectivity index (χ0v) is 23.9. The lowest BCUT2D eigenvalue weighted by atomic mass is 10.0. The Morgan fingerprint density at radius 3 is 2.35 bits per heavy atom. The predicted octanol–water partition coefficient (Wildman–Crippen LogP) is 4.57. The Morgan fingerprint density at radius 2 is 1.62 bits per heavy atom. The highest BCUT2D eigenvalue weighted by Crippen LogP contribution is 2.27. The number of carbonyl (C=O) groups is 1. The van der Waals surface area contributed by atoms with Gasteiger partial charge in [-0.05, 0) is 57.1 Å². The fourth-order valence-corrected chi connectivity index (χ4v) is 6.64. The van der Waals surface area contributed by atoms with E-state index in [2.05, 4.69) is 43.8 Å². The molecule has 1 aromatic heterocycles. The Bertz CT molecular complexity index is 1490. The van der Waals surface area contributed by atoms with Gasteiger partial charge in [0.15, 0.2) is 0 Å². The number of hydrogen-bond donors (Lipinski definition) is 2. The number of pyridine rings is 1. The normalized spacial score (nSPS) is 14.5. The maximum Gasteiger partial charge on any atom is 0.261 e. The van der Waals surface area contributed by atoms with Crippen LogP contribution in [0.3, 0.4) is 0 Å². The zero-order chi connectivity index (χ0) is 28.0. The van der Waals surface area contributed by atoms with Gasteiger partial charge in [0, 0.05) is 67.7 Å². The molecule has 0 bridgehead atoms. The van der Waals surface area contributed by atoms with Crippen molar-refractivity contribution in [2.24, 2.45) is 0 Å². The predicted molar refractivity (Wildman–Crippen MR) is 163 cm³/mol. The van der Waals surface area contributed by atoms with Crippen molar-refractivity contribution in [3.05, 3.63) is 114 Å². The summed E-state index contributed by atoms with van der Waals surface area (Å²) >= 11 is 0. The molecule has 1 saturated heterocycles. The number of hydrogen-bond acceptors (Lipinski definition) is 6. The average molecular weight is 557 g/mol. The first-order valence-electron chi connectivity index (χ1n) is 13.5. The summed E-state index contributed by atoms with van der Waals surface area (Å²) < 4.78 is 21.1. The van der Waals surface area contributed by atoms with E-state index in [1.807, 2.05) is 66.9 Å². The van der Waals surface area contributed by atoms with Crippen LogP contribution in [0.4, 0.5) is 5.69 Å². The van der Waals surface area contributed by atoms with Gasteiger partial charge in [-0.15, -0.1) is 0 Å². The average Bonchev–Trinajstić information content (AvgIpc) is 2.98. The Hall–Kier alpha value is -4.01. The minimum Gasteiger partial charge on any atom is -0.495 e. The van der Waals surface area contributed by atoms with Crippen LogP contribution in [0.25, 0.3) is 11.1 Å². The molecular weight excluding hydrogens is 520 g/mol. The monoisotopic (exact) mass is 556 g/mol. The van der Waals surface area contributed by atoms with E-state index >= 15 is 0 Å². The highest BCUT2D eigenvalue weighted by atomic mass is 32.3. The molecule has 0 unspecified atom stereocenters. The van der Waals surface area contributed by atoms with Gasteiger partial charge in [-0.1, -0.05) is 54.6 Å². The molecule has 0 aliphatic carbocycles. The van der Waals surface area contributed by atoms with Gasteiger partial charge in [0.2, 0.25) is 0 Å². The smallest absolute Gasteiger partial charge is 0.261 e. The number of aromatic nitrogens is 1. The van der Waals surface area contributed by atoms with Crippen LogP contribution in [0, 0.1) is 0 Å². The third-order valence-corrected chi connectivity index (χ3v) is 8.85. The Labute approximate surface area is 237 Å². The second-order valence-corrected chi connectivity index (χ2v) is 13.0. The molecule has 40 heavy (non-hydrogen) atoms. The summed E-state index contributed by atoms with van der Waals surface area (Å²) in [6.45, 7) is 4.53. The molecule has 7 nitrogen and oxygen atoms in total. The number of nitrogens with zero attached hydrogens (tertiary/aromatic N) is 3. The second-order valence-electron chi connectivity index (χ2n) is 10.3. The van der Waals surface area contributed by atoms with Crippen molar-refractivity contribution in [1.29, 1.82) is 0 Å². The third kappa shape index (κ3) is 6.94. The Morgan fingerprint density at radius 1 is 0.925 bits per heavy atom. The molecule has 4 aromatic rings. The highest BCUT2D eigenvalue weighted by molar-refractivity contribution is 8.00. The quantitative estimate of drug-likeness (QED) is 0.294. The summed E-state index contributed by atoms with van der Waals surface area (Å²) in [6, 6.07) is 27.7. The molecule has 0 spiro atoms. The fourth-order valence-electron chi connectivity index (χ4n) is 5.10. The largest absolute Gasteiger partial charge is 0.495 e. The molecule has 2 heterocycles. The van der Waals surface area contributed by atoms with Crippen LogP contribution in [0.15, 0.2) is 97.3 Å². The van der Waals surface area contributed by atoms with Crippen molar-refractivity contribution in [2.75, 3.05) is 44.4 Å². The summed E-state index contributed by atoms with van der Waals surface area (Å²) in [5.41, 5.74) is 6.04. The molecule has 208 valence electrons. The number of amides is 1.